The quantitative estimate of drug-likeness (QED) is 0.908. The van der Waals surface area contributed by atoms with Gasteiger partial charge in [0.05, 0.1) is 24.2 Å². The van der Waals surface area contributed by atoms with Crippen molar-refractivity contribution in [2.24, 2.45) is 0 Å². The van der Waals surface area contributed by atoms with Gasteiger partial charge in [-0.25, -0.2) is 9.97 Å². The molecule has 0 aliphatic carbocycles. The molecular formula is C16H21N3O. The van der Waals surface area contributed by atoms with E-state index >= 15 is 0 Å². The first-order chi connectivity index (χ1) is 9.61. The normalized spacial score (nSPS) is 10.8. The lowest BCUT2D eigenvalue weighted by atomic mass is 10.2. The number of hydrogen-bond acceptors (Lipinski definition) is 4. The van der Waals surface area contributed by atoms with Gasteiger partial charge < -0.3 is 10.0 Å². The maximum absolute atomic E-state index is 9.52. The monoisotopic (exact) mass is 271 g/mol. The minimum atomic E-state index is -0.0727. The van der Waals surface area contributed by atoms with Crippen LogP contribution in [-0.2, 0) is 13.2 Å². The Kier molecular flexibility index (Phi) is 4.69. The van der Waals surface area contributed by atoms with E-state index in [4.69, 9.17) is 0 Å². The van der Waals surface area contributed by atoms with E-state index in [0.717, 1.165) is 18.1 Å². The van der Waals surface area contributed by atoms with Crippen LogP contribution in [0.5, 0.6) is 0 Å². The summed E-state index contributed by atoms with van der Waals surface area (Å²) in [5, 5.41) is 9.52. The molecule has 20 heavy (non-hydrogen) atoms. The van der Waals surface area contributed by atoms with Crippen LogP contribution in [0, 0.1) is 0 Å². The molecule has 4 heteroatoms. The van der Waals surface area contributed by atoms with Gasteiger partial charge >= 0.3 is 0 Å². The van der Waals surface area contributed by atoms with Crippen LogP contribution >= 0.6 is 0 Å². The second-order valence-corrected chi connectivity index (χ2v) is 5.21. The van der Waals surface area contributed by atoms with Gasteiger partial charge in [0.25, 0.3) is 0 Å². The van der Waals surface area contributed by atoms with E-state index in [2.05, 4.69) is 27.0 Å². The molecule has 1 N–H and O–H groups in total. The van der Waals surface area contributed by atoms with Crippen LogP contribution in [0.25, 0.3) is 0 Å². The third-order valence-electron chi connectivity index (χ3n) is 3.20. The summed E-state index contributed by atoms with van der Waals surface area (Å²) in [4.78, 5) is 10.9. The second kappa shape index (κ2) is 6.48. The molecule has 2 rings (SSSR count). The van der Waals surface area contributed by atoms with Gasteiger partial charge in [-0.1, -0.05) is 44.2 Å². The molecule has 0 aliphatic rings. The van der Waals surface area contributed by atoms with E-state index in [1.807, 2.05) is 39.1 Å². The number of anilines is 1. The number of aromatic nitrogens is 2. The van der Waals surface area contributed by atoms with Crippen LogP contribution in [0.15, 0.2) is 36.5 Å². The lowest BCUT2D eigenvalue weighted by molar-refractivity contribution is 0.276. The van der Waals surface area contributed by atoms with Gasteiger partial charge in [0.2, 0.25) is 0 Å². The van der Waals surface area contributed by atoms with Crippen molar-refractivity contribution in [1.29, 1.82) is 0 Å². The maximum atomic E-state index is 9.52. The van der Waals surface area contributed by atoms with Crippen molar-refractivity contribution in [3.8, 4) is 0 Å². The summed E-state index contributed by atoms with van der Waals surface area (Å²) < 4.78 is 0. The number of rotatable bonds is 5. The van der Waals surface area contributed by atoms with E-state index in [-0.39, 0.29) is 12.5 Å². The molecular weight excluding hydrogens is 250 g/mol. The molecule has 0 saturated heterocycles. The first kappa shape index (κ1) is 14.5. The fraction of sp³-hybridized carbons (Fsp3) is 0.375. The van der Waals surface area contributed by atoms with E-state index < -0.39 is 0 Å². The maximum Gasteiger partial charge on any atom is 0.131 e. The molecule has 0 atom stereocenters. The van der Waals surface area contributed by atoms with E-state index in [1.165, 1.54) is 5.56 Å². The average molecular weight is 271 g/mol. The number of benzene rings is 1. The average Bonchev–Trinajstić information content (AvgIpc) is 2.47. The Morgan fingerprint density at radius 3 is 2.50 bits per heavy atom. The first-order valence-electron chi connectivity index (χ1n) is 6.83. The molecule has 0 amide bonds. The van der Waals surface area contributed by atoms with Gasteiger partial charge in [0.15, 0.2) is 0 Å². The van der Waals surface area contributed by atoms with Crippen molar-refractivity contribution >= 4 is 5.69 Å². The first-order valence-corrected chi connectivity index (χ1v) is 6.83. The summed E-state index contributed by atoms with van der Waals surface area (Å²) in [7, 11) is 1.99. The number of aliphatic hydroxyl groups is 1. The summed E-state index contributed by atoms with van der Waals surface area (Å²) in [6.45, 7) is 4.78. The van der Waals surface area contributed by atoms with Gasteiger partial charge in [-0.3, -0.25) is 0 Å². The Bertz CT molecular complexity index is 555. The highest BCUT2D eigenvalue weighted by Gasteiger charge is 2.12. The summed E-state index contributed by atoms with van der Waals surface area (Å²) in [6, 6.07) is 10.2. The Morgan fingerprint density at radius 2 is 1.90 bits per heavy atom. The number of nitrogens with zero attached hydrogens (tertiary/aromatic N) is 3. The zero-order valence-electron chi connectivity index (χ0n) is 12.2. The lowest BCUT2D eigenvalue weighted by Crippen LogP contribution is -2.19. The van der Waals surface area contributed by atoms with Crippen LogP contribution in [-0.4, -0.2) is 22.1 Å². The Labute approximate surface area is 120 Å². The predicted molar refractivity (Wildman–Crippen MR) is 80.6 cm³/mol. The molecule has 1 aromatic carbocycles. The van der Waals surface area contributed by atoms with E-state index in [0.29, 0.717) is 5.69 Å². The molecule has 1 heterocycles. The standard InChI is InChI=1S/C16H21N3O/c1-12(2)16-17-9-15(14(11-20)18-16)19(3)10-13-7-5-4-6-8-13/h4-9,12,20H,10-11H2,1-3H3. The predicted octanol–water partition coefficient (Wildman–Crippen LogP) is 2.73. The minimum absolute atomic E-state index is 0.0727. The van der Waals surface area contributed by atoms with Crippen LogP contribution in [0.4, 0.5) is 5.69 Å². The molecule has 0 saturated carbocycles. The van der Waals surface area contributed by atoms with Crippen molar-refractivity contribution in [3.63, 3.8) is 0 Å². The Morgan fingerprint density at radius 1 is 1.20 bits per heavy atom. The smallest absolute Gasteiger partial charge is 0.131 e. The van der Waals surface area contributed by atoms with Crippen molar-refractivity contribution in [1.82, 2.24) is 9.97 Å². The van der Waals surface area contributed by atoms with Crippen molar-refractivity contribution in [2.45, 2.75) is 32.9 Å². The second-order valence-electron chi connectivity index (χ2n) is 5.21. The van der Waals surface area contributed by atoms with Gasteiger partial charge in [-0.2, -0.15) is 0 Å². The molecule has 0 unspecified atom stereocenters. The fourth-order valence-corrected chi connectivity index (χ4v) is 2.08. The summed E-state index contributed by atoms with van der Waals surface area (Å²) in [5.41, 5.74) is 2.77. The number of aliphatic hydroxyl groups excluding tert-OH is 1. The molecule has 2 aromatic rings. The lowest BCUT2D eigenvalue weighted by Gasteiger charge is -2.21. The van der Waals surface area contributed by atoms with Gasteiger partial charge in [-0.05, 0) is 5.56 Å². The van der Waals surface area contributed by atoms with Gasteiger partial charge in [0, 0.05) is 19.5 Å². The van der Waals surface area contributed by atoms with Crippen LogP contribution in [0.3, 0.4) is 0 Å². The third kappa shape index (κ3) is 3.33. The number of hydrogen-bond donors (Lipinski definition) is 1. The SMILES string of the molecule is CC(C)c1ncc(N(C)Cc2ccccc2)c(CO)n1. The largest absolute Gasteiger partial charge is 0.390 e. The van der Waals surface area contributed by atoms with Crippen LogP contribution in [0.2, 0.25) is 0 Å². The van der Waals surface area contributed by atoms with Gasteiger partial charge in [-0.15, -0.1) is 0 Å². The van der Waals surface area contributed by atoms with Crippen molar-refractivity contribution < 1.29 is 5.11 Å². The molecule has 0 radical (unpaired) electrons. The molecule has 106 valence electrons. The molecule has 0 bridgehead atoms. The topological polar surface area (TPSA) is 49.2 Å². The fourth-order valence-electron chi connectivity index (χ4n) is 2.08. The highest BCUT2D eigenvalue weighted by atomic mass is 16.3. The third-order valence-corrected chi connectivity index (χ3v) is 3.20. The van der Waals surface area contributed by atoms with Crippen LogP contribution in [0.1, 0.15) is 36.8 Å². The summed E-state index contributed by atoms with van der Waals surface area (Å²) in [6.07, 6.45) is 1.80. The molecule has 1 aromatic heterocycles. The molecule has 0 spiro atoms. The Hall–Kier alpha value is -1.94. The highest BCUT2D eigenvalue weighted by Crippen LogP contribution is 2.21. The highest BCUT2D eigenvalue weighted by molar-refractivity contribution is 5.48. The summed E-state index contributed by atoms with van der Waals surface area (Å²) in [5.74, 6) is 1.03. The molecule has 0 fully saturated rings. The zero-order chi connectivity index (χ0) is 14.5. The van der Waals surface area contributed by atoms with E-state index in [1.54, 1.807) is 6.20 Å². The Balaban J connectivity index is 2.23. The van der Waals surface area contributed by atoms with Crippen LogP contribution < -0.4 is 4.90 Å². The molecule has 4 nitrogen and oxygen atoms in total. The molecule has 0 aliphatic heterocycles. The van der Waals surface area contributed by atoms with Crippen molar-refractivity contribution in [3.05, 3.63) is 53.6 Å². The zero-order valence-corrected chi connectivity index (χ0v) is 12.2. The van der Waals surface area contributed by atoms with E-state index in [9.17, 15) is 5.11 Å². The van der Waals surface area contributed by atoms with Crippen molar-refractivity contribution in [2.75, 3.05) is 11.9 Å². The van der Waals surface area contributed by atoms with Gasteiger partial charge in [0.1, 0.15) is 5.82 Å². The minimum Gasteiger partial charge on any atom is -0.390 e. The summed E-state index contributed by atoms with van der Waals surface area (Å²) >= 11 is 0.